The van der Waals surface area contributed by atoms with E-state index >= 15 is 0 Å². The number of allylic oxidation sites excluding steroid dienone is 2. The number of rotatable bonds is 9. The number of hydrogen-bond acceptors (Lipinski definition) is 9. The van der Waals surface area contributed by atoms with Crippen molar-refractivity contribution in [3.05, 3.63) is 92.9 Å². The maximum Gasteiger partial charge on any atom is 0.336 e. The molecule has 0 amide bonds. The molecule has 0 bridgehead atoms. The molecule has 0 saturated heterocycles. The molecule has 1 aromatic heterocycles. The molecule has 0 saturated carbocycles. The second kappa shape index (κ2) is 11.9. The summed E-state index contributed by atoms with van der Waals surface area (Å²) in [5.41, 5.74) is 3.11. The van der Waals surface area contributed by atoms with Crippen LogP contribution < -0.4 is 10.1 Å². The van der Waals surface area contributed by atoms with Crippen LogP contribution in [0.5, 0.6) is 5.75 Å². The van der Waals surface area contributed by atoms with Crippen molar-refractivity contribution in [3.8, 4) is 22.7 Å². The summed E-state index contributed by atoms with van der Waals surface area (Å²) in [5.74, 6) is -2.06. The van der Waals surface area contributed by atoms with Gasteiger partial charge < -0.3 is 19.5 Å². The van der Waals surface area contributed by atoms with E-state index in [4.69, 9.17) is 19.3 Å². The van der Waals surface area contributed by atoms with Crippen molar-refractivity contribution >= 4 is 17.6 Å². The number of nitro benzene ring substituents is 1. The highest BCUT2D eigenvalue weighted by Gasteiger charge is 2.40. The summed E-state index contributed by atoms with van der Waals surface area (Å²) in [5, 5.41) is 19.8. The van der Waals surface area contributed by atoms with E-state index in [2.05, 4.69) is 5.32 Å². The summed E-state index contributed by atoms with van der Waals surface area (Å²) in [6.07, 6.45) is 1.72. The minimum absolute atomic E-state index is 0.0885. The van der Waals surface area contributed by atoms with Crippen molar-refractivity contribution in [2.24, 2.45) is 0 Å². The zero-order valence-electron chi connectivity index (χ0n) is 22.9. The van der Waals surface area contributed by atoms with Crippen LogP contribution in [0.25, 0.3) is 16.9 Å². The van der Waals surface area contributed by atoms with Crippen molar-refractivity contribution in [1.29, 1.82) is 0 Å². The highest BCUT2D eigenvalue weighted by Crippen LogP contribution is 2.44. The van der Waals surface area contributed by atoms with Crippen molar-refractivity contribution < 1.29 is 28.7 Å². The fourth-order valence-corrected chi connectivity index (χ4v) is 4.78. The molecule has 0 aliphatic carbocycles. The van der Waals surface area contributed by atoms with Gasteiger partial charge in [0, 0.05) is 34.8 Å². The van der Waals surface area contributed by atoms with E-state index in [1.54, 1.807) is 44.6 Å². The van der Waals surface area contributed by atoms with Crippen LogP contribution in [-0.4, -0.2) is 47.0 Å². The van der Waals surface area contributed by atoms with Crippen molar-refractivity contribution in [3.63, 3.8) is 0 Å². The molecule has 2 aromatic carbocycles. The van der Waals surface area contributed by atoms with Crippen molar-refractivity contribution in [2.75, 3.05) is 20.3 Å². The lowest BCUT2D eigenvalue weighted by Crippen LogP contribution is -2.32. The number of aromatic nitrogens is 2. The van der Waals surface area contributed by atoms with E-state index in [0.29, 0.717) is 33.9 Å². The number of hydrogen-bond donors (Lipinski definition) is 1. The Kier molecular flexibility index (Phi) is 8.32. The first-order valence-corrected chi connectivity index (χ1v) is 12.7. The lowest BCUT2D eigenvalue weighted by atomic mass is 9.79. The third-order valence-electron chi connectivity index (χ3n) is 6.47. The van der Waals surface area contributed by atoms with E-state index in [1.165, 1.54) is 19.2 Å². The van der Waals surface area contributed by atoms with E-state index in [0.717, 1.165) is 0 Å². The summed E-state index contributed by atoms with van der Waals surface area (Å²) >= 11 is 0. The Bertz CT molecular complexity index is 1480. The van der Waals surface area contributed by atoms with Crippen LogP contribution in [0.3, 0.4) is 0 Å². The number of nitro groups is 1. The van der Waals surface area contributed by atoms with Gasteiger partial charge in [-0.1, -0.05) is 18.2 Å². The Morgan fingerprint density at radius 2 is 1.60 bits per heavy atom. The van der Waals surface area contributed by atoms with Gasteiger partial charge in [-0.3, -0.25) is 10.1 Å². The molecule has 0 spiro atoms. The number of carbonyl (C=O) groups excluding carboxylic acids is 2. The molecule has 1 aliphatic heterocycles. The molecule has 40 heavy (non-hydrogen) atoms. The zero-order valence-corrected chi connectivity index (χ0v) is 22.9. The van der Waals surface area contributed by atoms with Gasteiger partial charge in [-0.2, -0.15) is 5.10 Å². The van der Waals surface area contributed by atoms with E-state index < -0.39 is 22.8 Å². The van der Waals surface area contributed by atoms with Gasteiger partial charge in [-0.25, -0.2) is 14.3 Å². The summed E-state index contributed by atoms with van der Waals surface area (Å²) in [7, 11) is 1.35. The molecule has 0 unspecified atom stereocenters. The third-order valence-corrected chi connectivity index (χ3v) is 6.47. The lowest BCUT2D eigenvalue weighted by molar-refractivity contribution is -0.385. The van der Waals surface area contributed by atoms with Crippen molar-refractivity contribution in [2.45, 2.75) is 33.6 Å². The number of nitrogens with zero attached hydrogens (tertiary/aromatic N) is 3. The highest BCUT2D eigenvalue weighted by atomic mass is 16.6. The second-order valence-electron chi connectivity index (χ2n) is 8.93. The number of para-hydroxylation sites is 1. The standard InChI is InChI=1S/C29H30N4O7/c1-6-39-28(34)24-17(3)30-18(4)25(29(35)40-7-2)26(24)21-16-32(20-11-9-8-10-12-20)31-27(21)19-13-14-23(38-5)22(15-19)33(36)37/h8-16,26,30H,6-7H2,1-5H3. The van der Waals surface area contributed by atoms with Gasteiger partial charge in [0.15, 0.2) is 5.75 Å². The molecule has 0 fully saturated rings. The quantitative estimate of drug-likeness (QED) is 0.228. The van der Waals surface area contributed by atoms with Gasteiger partial charge in [0.25, 0.3) is 0 Å². The Morgan fingerprint density at radius 3 is 2.12 bits per heavy atom. The first kappa shape index (κ1) is 28.1. The van der Waals surface area contributed by atoms with E-state index in [9.17, 15) is 19.7 Å². The SMILES string of the molecule is CCOC(=O)C1=C(C)NC(C)=C(C(=O)OCC)C1c1cn(-c2ccccc2)nc1-c1ccc(OC)c([N+](=O)[O-])c1. The first-order valence-electron chi connectivity index (χ1n) is 12.7. The number of carbonyl (C=O) groups is 2. The lowest BCUT2D eigenvalue weighted by Gasteiger charge is -2.30. The Morgan fingerprint density at radius 1 is 1.00 bits per heavy atom. The predicted molar refractivity (Wildman–Crippen MR) is 147 cm³/mol. The predicted octanol–water partition coefficient (Wildman–Crippen LogP) is 4.82. The summed E-state index contributed by atoms with van der Waals surface area (Å²) in [6.45, 7) is 7.10. The number of dihydropyridines is 1. The molecule has 3 aromatic rings. The van der Waals surface area contributed by atoms with Crippen LogP contribution >= 0.6 is 0 Å². The highest BCUT2D eigenvalue weighted by molar-refractivity contribution is 6.00. The Labute approximate surface area is 231 Å². The van der Waals surface area contributed by atoms with Gasteiger partial charge >= 0.3 is 17.6 Å². The molecule has 1 N–H and O–H groups in total. The third kappa shape index (κ3) is 5.31. The van der Waals surface area contributed by atoms with Gasteiger partial charge in [-0.05, 0) is 52.0 Å². The smallest absolute Gasteiger partial charge is 0.336 e. The normalized spacial score (nSPS) is 13.6. The molecular formula is C29H30N4O7. The number of methoxy groups -OCH3 is 1. The molecule has 0 radical (unpaired) electrons. The first-order chi connectivity index (χ1) is 19.2. The fourth-order valence-electron chi connectivity index (χ4n) is 4.78. The minimum Gasteiger partial charge on any atom is -0.490 e. The molecule has 11 heteroatoms. The van der Waals surface area contributed by atoms with Gasteiger partial charge in [0.05, 0.1) is 53.7 Å². The molecule has 2 heterocycles. The van der Waals surface area contributed by atoms with Crippen LogP contribution in [0.4, 0.5) is 5.69 Å². The van der Waals surface area contributed by atoms with Gasteiger partial charge in [0.2, 0.25) is 0 Å². The molecule has 11 nitrogen and oxygen atoms in total. The Hall–Kier alpha value is -4.93. The maximum absolute atomic E-state index is 13.3. The van der Waals surface area contributed by atoms with Crippen LogP contribution in [0, 0.1) is 10.1 Å². The monoisotopic (exact) mass is 546 g/mol. The maximum atomic E-state index is 13.3. The summed E-state index contributed by atoms with van der Waals surface area (Å²) in [4.78, 5) is 38.0. The molecular weight excluding hydrogens is 516 g/mol. The summed E-state index contributed by atoms with van der Waals surface area (Å²) < 4.78 is 17.6. The van der Waals surface area contributed by atoms with E-state index in [1.807, 2.05) is 30.3 Å². The molecule has 0 atom stereocenters. The van der Waals surface area contributed by atoms with Crippen LogP contribution in [0.1, 0.15) is 39.2 Å². The average Bonchev–Trinajstić information content (AvgIpc) is 3.38. The number of benzene rings is 2. The largest absolute Gasteiger partial charge is 0.490 e. The van der Waals surface area contributed by atoms with Crippen molar-refractivity contribution in [1.82, 2.24) is 15.1 Å². The number of nitrogens with one attached hydrogen (secondary N) is 1. The topological polar surface area (TPSA) is 135 Å². The van der Waals surface area contributed by atoms with E-state index in [-0.39, 0.29) is 35.8 Å². The van der Waals surface area contributed by atoms with Crippen LogP contribution in [-0.2, 0) is 19.1 Å². The van der Waals surface area contributed by atoms with Gasteiger partial charge in [0.1, 0.15) is 0 Å². The number of esters is 2. The van der Waals surface area contributed by atoms with Crippen LogP contribution in [0.2, 0.25) is 0 Å². The van der Waals surface area contributed by atoms with Crippen LogP contribution in [0.15, 0.2) is 77.3 Å². The Balaban J connectivity index is 2.05. The fraction of sp³-hybridized carbons (Fsp3) is 0.276. The van der Waals surface area contributed by atoms with Gasteiger partial charge in [-0.15, -0.1) is 0 Å². The molecule has 4 rings (SSSR count). The zero-order chi connectivity index (χ0) is 29.0. The summed E-state index contributed by atoms with van der Waals surface area (Å²) in [6, 6.07) is 13.8. The second-order valence-corrected chi connectivity index (χ2v) is 8.93. The average molecular weight is 547 g/mol. The molecule has 208 valence electrons. The molecule has 1 aliphatic rings. The number of ether oxygens (including phenoxy) is 3. The minimum atomic E-state index is -0.937.